The number of anilines is 3. The zero-order valence-electron chi connectivity index (χ0n) is 27.2. The van der Waals surface area contributed by atoms with E-state index in [1.807, 2.05) is 41.3 Å². The molecule has 6 N–H and O–H groups in total. The highest BCUT2D eigenvalue weighted by molar-refractivity contribution is 5.89. The summed E-state index contributed by atoms with van der Waals surface area (Å²) in [4.78, 5) is 33.3. The molecule has 2 amide bonds. The maximum atomic E-state index is 12.8. The average molecular weight is 690 g/mol. The predicted octanol–water partition coefficient (Wildman–Crippen LogP) is 2.37. The molecule has 2 aliphatic rings. The van der Waals surface area contributed by atoms with E-state index in [4.69, 9.17) is 14.7 Å². The number of H-pyrrole nitrogens is 1. The van der Waals surface area contributed by atoms with Gasteiger partial charge in [-0.15, -0.1) is 10.2 Å². The van der Waals surface area contributed by atoms with Crippen molar-refractivity contribution in [3.63, 3.8) is 0 Å². The van der Waals surface area contributed by atoms with Gasteiger partial charge in [0.25, 0.3) is 0 Å². The first kappa shape index (κ1) is 32.2. The normalized spacial score (nSPS) is 21.7. The summed E-state index contributed by atoms with van der Waals surface area (Å²) in [7, 11) is 0. The van der Waals surface area contributed by atoms with E-state index in [0.29, 0.717) is 54.7 Å². The number of tetrazole rings is 1. The van der Waals surface area contributed by atoms with Crippen molar-refractivity contribution in [1.82, 2.24) is 50.4 Å². The average Bonchev–Trinajstić information content (AvgIpc) is 3.98. The Bertz CT molecular complexity index is 2030. The number of carbonyl (C=O) groups excluding carboxylic acids is 1. The Balaban J connectivity index is 1.10. The number of benzene rings is 2. The van der Waals surface area contributed by atoms with Crippen LogP contribution in [0.2, 0.25) is 0 Å². The minimum Gasteiger partial charge on any atom is -0.387 e. The molecular formula is C34H35N13O4. The Morgan fingerprint density at radius 2 is 1.78 bits per heavy atom. The number of aromatic amines is 1. The predicted molar refractivity (Wildman–Crippen MR) is 185 cm³/mol. The number of urea groups is 1. The molecule has 17 heteroatoms. The van der Waals surface area contributed by atoms with Gasteiger partial charge in [-0.05, 0) is 29.7 Å². The van der Waals surface area contributed by atoms with E-state index in [9.17, 15) is 15.0 Å². The van der Waals surface area contributed by atoms with Gasteiger partial charge in [-0.2, -0.15) is 15.2 Å². The first-order valence-corrected chi connectivity index (χ1v) is 16.6. The molecule has 17 nitrogen and oxygen atoms in total. The number of rotatable bonds is 10. The van der Waals surface area contributed by atoms with E-state index in [0.717, 1.165) is 11.1 Å². The number of fused-ring (bicyclic) bond motifs is 1. The number of aromatic nitrogens is 9. The molecule has 0 radical (unpaired) electrons. The van der Waals surface area contributed by atoms with Crippen molar-refractivity contribution in [2.45, 2.75) is 42.9 Å². The van der Waals surface area contributed by atoms with E-state index in [1.165, 1.54) is 6.33 Å². The zero-order chi connectivity index (χ0) is 34.7. The highest BCUT2D eigenvalue weighted by atomic mass is 16.6. The molecule has 2 fully saturated rings. The van der Waals surface area contributed by atoms with Crippen molar-refractivity contribution in [2.24, 2.45) is 0 Å². The third-order valence-corrected chi connectivity index (χ3v) is 9.14. The lowest BCUT2D eigenvalue weighted by Gasteiger charge is -2.22. The van der Waals surface area contributed by atoms with Gasteiger partial charge in [0.1, 0.15) is 12.2 Å². The molecule has 0 unspecified atom stereocenters. The number of pyridine rings is 1. The quantitative estimate of drug-likeness (QED) is 0.122. The van der Waals surface area contributed by atoms with Crippen molar-refractivity contribution < 1.29 is 19.7 Å². The molecule has 0 saturated carbocycles. The SMILES string of the molecule is O=C(Nc1cccnc1)N[C@@H]1CCN(c2nc(NCC(c3ccccc3)c3ccccc3)c3ncn([C@@H]4O[C@H](c5nn[nH]n5)[C@@H](O)[C@H]4O)c3n2)C1. The van der Waals surface area contributed by atoms with Crippen LogP contribution in [-0.4, -0.2) is 99.3 Å². The van der Waals surface area contributed by atoms with Crippen LogP contribution >= 0.6 is 0 Å². The lowest BCUT2D eigenvalue weighted by molar-refractivity contribution is -0.0383. The first-order valence-electron chi connectivity index (χ1n) is 16.6. The number of imidazole rings is 1. The van der Waals surface area contributed by atoms with Gasteiger partial charge in [0.05, 0.1) is 18.2 Å². The summed E-state index contributed by atoms with van der Waals surface area (Å²) in [6.07, 6.45) is 0.630. The van der Waals surface area contributed by atoms with Crippen LogP contribution < -0.4 is 20.9 Å². The van der Waals surface area contributed by atoms with Crippen LogP contribution in [0, 0.1) is 0 Å². The molecule has 5 atom stereocenters. The standard InChI is InChI=1S/C34H35N13O4/c48-26-27(49)32(51-28(26)30-42-44-45-43-30)47-19-37-25-29(36-17-24(20-8-3-1-4-9-20)21-10-5-2-6-11-21)40-33(41-31(25)47)46-15-13-23(18-46)39-34(50)38-22-12-7-14-35-16-22/h1-12,14,16,19,23-24,26-28,32,48-49H,13,15,17-18H2,(H,36,40,41)(H2,38,39,50)(H,42,43,44,45)/t23-,26+,27-,28+,32-/m1/s1. The fraction of sp³-hybridized carbons (Fsp3) is 0.294. The van der Waals surface area contributed by atoms with Gasteiger partial charge in [-0.3, -0.25) is 9.55 Å². The van der Waals surface area contributed by atoms with Gasteiger partial charge in [0.15, 0.2) is 29.3 Å². The van der Waals surface area contributed by atoms with Crippen molar-refractivity contribution in [1.29, 1.82) is 0 Å². The van der Waals surface area contributed by atoms with Crippen molar-refractivity contribution in [3.8, 4) is 0 Å². The molecule has 4 aromatic heterocycles. The fourth-order valence-corrected chi connectivity index (χ4v) is 6.60. The van der Waals surface area contributed by atoms with Crippen LogP contribution in [0.15, 0.2) is 91.5 Å². The van der Waals surface area contributed by atoms with Gasteiger partial charge >= 0.3 is 6.03 Å². The van der Waals surface area contributed by atoms with Gasteiger partial charge < -0.3 is 35.8 Å². The van der Waals surface area contributed by atoms with Crippen LogP contribution in [-0.2, 0) is 4.74 Å². The molecular weight excluding hydrogens is 654 g/mol. The van der Waals surface area contributed by atoms with Gasteiger partial charge in [0, 0.05) is 37.8 Å². The lowest BCUT2D eigenvalue weighted by atomic mass is 9.91. The molecule has 2 aromatic carbocycles. The van der Waals surface area contributed by atoms with Crippen LogP contribution in [0.4, 0.5) is 22.2 Å². The third kappa shape index (κ3) is 6.64. The number of carbonyl (C=O) groups is 1. The van der Waals surface area contributed by atoms with E-state index >= 15 is 0 Å². The van der Waals surface area contributed by atoms with Crippen molar-refractivity contribution >= 4 is 34.6 Å². The Morgan fingerprint density at radius 3 is 2.49 bits per heavy atom. The van der Waals surface area contributed by atoms with Crippen molar-refractivity contribution in [2.75, 3.05) is 35.2 Å². The minimum absolute atomic E-state index is 0.00695. The molecule has 2 aliphatic heterocycles. The number of nitrogens with zero attached hydrogens (tertiary/aromatic N) is 9. The van der Waals surface area contributed by atoms with E-state index in [2.05, 4.69) is 70.8 Å². The Morgan fingerprint density at radius 1 is 1.00 bits per heavy atom. The molecule has 2 saturated heterocycles. The summed E-state index contributed by atoms with van der Waals surface area (Å²) in [6, 6.07) is 23.5. The molecule has 6 heterocycles. The summed E-state index contributed by atoms with van der Waals surface area (Å²) in [5, 5.41) is 45.2. The summed E-state index contributed by atoms with van der Waals surface area (Å²) in [5.74, 6) is 0.996. The summed E-state index contributed by atoms with van der Waals surface area (Å²) in [5.41, 5.74) is 3.70. The Kier molecular flexibility index (Phi) is 8.87. The lowest BCUT2D eigenvalue weighted by Crippen LogP contribution is -2.40. The number of amides is 2. The largest absolute Gasteiger partial charge is 0.387 e. The molecule has 51 heavy (non-hydrogen) atoms. The molecule has 6 aromatic rings. The molecule has 0 spiro atoms. The first-order chi connectivity index (χ1) is 25.0. The number of hydrogen-bond donors (Lipinski definition) is 6. The second-order valence-electron chi connectivity index (χ2n) is 12.4. The maximum absolute atomic E-state index is 12.8. The topological polar surface area (TPSA) is 217 Å². The van der Waals surface area contributed by atoms with Crippen LogP contribution in [0.1, 0.15) is 41.6 Å². The Labute approximate surface area is 291 Å². The number of ether oxygens (including phenoxy) is 1. The van der Waals surface area contributed by atoms with Crippen LogP contribution in [0.25, 0.3) is 11.2 Å². The Hall–Kier alpha value is -6.04. The fourth-order valence-electron chi connectivity index (χ4n) is 6.60. The second-order valence-corrected chi connectivity index (χ2v) is 12.4. The molecule has 0 aliphatic carbocycles. The van der Waals surface area contributed by atoms with Crippen LogP contribution in [0.5, 0.6) is 0 Å². The highest BCUT2D eigenvalue weighted by Gasteiger charge is 2.47. The molecule has 8 rings (SSSR count). The number of nitrogens with one attached hydrogen (secondary N) is 4. The smallest absolute Gasteiger partial charge is 0.319 e. The third-order valence-electron chi connectivity index (χ3n) is 9.14. The van der Waals surface area contributed by atoms with Gasteiger partial charge in [0.2, 0.25) is 11.8 Å². The number of aliphatic hydroxyl groups excluding tert-OH is 2. The van der Waals surface area contributed by atoms with Crippen LogP contribution in [0.3, 0.4) is 0 Å². The second kappa shape index (κ2) is 14.1. The number of hydrogen-bond acceptors (Lipinski definition) is 13. The molecule has 0 bridgehead atoms. The summed E-state index contributed by atoms with van der Waals surface area (Å²) < 4.78 is 7.68. The monoisotopic (exact) mass is 689 g/mol. The summed E-state index contributed by atoms with van der Waals surface area (Å²) >= 11 is 0. The van der Waals surface area contributed by atoms with E-state index in [1.54, 1.807) is 29.1 Å². The van der Waals surface area contributed by atoms with E-state index in [-0.39, 0.29) is 23.8 Å². The zero-order valence-corrected chi connectivity index (χ0v) is 27.2. The highest BCUT2D eigenvalue weighted by Crippen LogP contribution is 2.39. The van der Waals surface area contributed by atoms with Gasteiger partial charge in [-0.25, -0.2) is 9.78 Å². The molecule has 260 valence electrons. The number of aliphatic hydroxyl groups is 2. The van der Waals surface area contributed by atoms with Crippen molar-refractivity contribution in [3.05, 3.63) is 108 Å². The van der Waals surface area contributed by atoms with Gasteiger partial charge in [-0.1, -0.05) is 65.9 Å². The summed E-state index contributed by atoms with van der Waals surface area (Å²) in [6.45, 7) is 1.53. The minimum atomic E-state index is -1.35. The van der Waals surface area contributed by atoms with E-state index < -0.39 is 24.5 Å². The maximum Gasteiger partial charge on any atom is 0.319 e.